The van der Waals surface area contributed by atoms with Crippen LogP contribution in [0, 0.1) is 5.92 Å². The zero-order valence-electron chi connectivity index (χ0n) is 21.9. The normalized spacial score (nSPS) is 21.1. The maximum absolute atomic E-state index is 13.5. The molecule has 2 aliphatic heterocycles. The molecule has 0 bridgehead atoms. The summed E-state index contributed by atoms with van der Waals surface area (Å²) in [4.78, 5) is 39.7. The Morgan fingerprint density at radius 1 is 1.18 bits per heavy atom. The van der Waals surface area contributed by atoms with Gasteiger partial charge in [-0.05, 0) is 56.6 Å². The topological polar surface area (TPSA) is 92.1 Å². The molecule has 6 rings (SSSR count). The minimum atomic E-state index is -0.632. The molecule has 10 heteroatoms. The quantitative estimate of drug-likeness (QED) is 0.394. The van der Waals surface area contributed by atoms with Crippen molar-refractivity contribution in [3.05, 3.63) is 59.5 Å². The van der Waals surface area contributed by atoms with Gasteiger partial charge in [-0.25, -0.2) is 9.97 Å². The Morgan fingerprint density at radius 3 is 2.79 bits per heavy atom. The van der Waals surface area contributed by atoms with Gasteiger partial charge in [0.05, 0.1) is 34.9 Å². The average Bonchev–Trinajstić information content (AvgIpc) is 3.51. The highest BCUT2D eigenvalue weighted by Gasteiger charge is 2.43. The number of likely N-dealkylation sites (tertiary alicyclic amines) is 1. The highest BCUT2D eigenvalue weighted by atomic mass is 32.1. The zero-order valence-corrected chi connectivity index (χ0v) is 22.7. The number of carbonyl (C=O) groups is 2. The van der Waals surface area contributed by atoms with Crippen LogP contribution in [-0.2, 0) is 19.7 Å². The number of likely N-dealkylation sites (N-methyl/N-ethyl adjacent to an activating group) is 1. The molecule has 0 radical (unpaired) electrons. The van der Waals surface area contributed by atoms with Crippen molar-refractivity contribution in [3.63, 3.8) is 0 Å². The van der Waals surface area contributed by atoms with Gasteiger partial charge in [0.2, 0.25) is 0 Å². The van der Waals surface area contributed by atoms with Crippen LogP contribution in [0.2, 0.25) is 0 Å². The molecular weight excluding hydrogens is 500 g/mol. The number of piperidine rings is 1. The van der Waals surface area contributed by atoms with Crippen LogP contribution < -0.4 is 5.32 Å². The van der Waals surface area contributed by atoms with Crippen molar-refractivity contribution in [1.29, 1.82) is 0 Å². The van der Waals surface area contributed by atoms with Gasteiger partial charge in [-0.15, -0.1) is 11.3 Å². The van der Waals surface area contributed by atoms with Crippen molar-refractivity contribution in [2.24, 2.45) is 5.92 Å². The molecule has 5 heterocycles. The van der Waals surface area contributed by atoms with E-state index in [9.17, 15) is 9.59 Å². The Balaban J connectivity index is 1.25. The van der Waals surface area contributed by atoms with Crippen molar-refractivity contribution in [2.45, 2.75) is 31.2 Å². The van der Waals surface area contributed by atoms with Crippen LogP contribution in [0.5, 0.6) is 0 Å². The molecule has 0 unspecified atom stereocenters. The maximum Gasteiger partial charge on any atom is 0.313 e. The third-order valence-corrected chi connectivity index (χ3v) is 8.84. The second-order valence-electron chi connectivity index (χ2n) is 11.0. The number of carbonyl (C=O) groups excluding carboxylic acids is 2. The minimum Gasteiger partial charge on any atom is -0.379 e. The first-order valence-electron chi connectivity index (χ1n) is 13.0. The van der Waals surface area contributed by atoms with Gasteiger partial charge < -0.3 is 24.3 Å². The number of ether oxygens (including phenoxy) is 1. The van der Waals surface area contributed by atoms with Crippen LogP contribution in [-0.4, -0.2) is 76.4 Å². The fraction of sp³-hybridized carbons (Fsp3) is 0.429. The summed E-state index contributed by atoms with van der Waals surface area (Å²) < 4.78 is 8.57. The average molecular weight is 533 g/mol. The Hall–Kier alpha value is -3.34. The van der Waals surface area contributed by atoms with Gasteiger partial charge in [0.25, 0.3) is 0 Å². The fourth-order valence-electron chi connectivity index (χ4n) is 5.64. The largest absolute Gasteiger partial charge is 0.379 e. The van der Waals surface area contributed by atoms with Crippen molar-refractivity contribution in [2.75, 3.05) is 45.7 Å². The number of nitrogens with one attached hydrogen (secondary N) is 1. The molecule has 2 amide bonds. The first kappa shape index (κ1) is 25.0. The van der Waals surface area contributed by atoms with E-state index in [-0.39, 0.29) is 11.5 Å². The van der Waals surface area contributed by atoms with E-state index in [0.29, 0.717) is 37.0 Å². The second-order valence-corrected chi connectivity index (χ2v) is 12.0. The zero-order chi connectivity index (χ0) is 26.4. The summed E-state index contributed by atoms with van der Waals surface area (Å²) in [5, 5.41) is 3.88. The van der Waals surface area contributed by atoms with Crippen LogP contribution in [0.1, 0.15) is 36.4 Å². The number of thiazole rings is 1. The predicted octanol–water partition coefficient (Wildman–Crippen LogP) is 3.71. The van der Waals surface area contributed by atoms with Crippen LogP contribution >= 0.6 is 11.3 Å². The number of rotatable bonds is 5. The maximum atomic E-state index is 13.5. The third kappa shape index (κ3) is 4.57. The first-order chi connectivity index (χ1) is 18.3. The number of amides is 2. The molecule has 2 saturated heterocycles. The highest BCUT2D eigenvalue weighted by Crippen LogP contribution is 2.40. The lowest BCUT2D eigenvalue weighted by Crippen LogP contribution is -2.53. The monoisotopic (exact) mass is 532 g/mol. The molecule has 2 fully saturated rings. The number of aromatic nitrogens is 3. The third-order valence-electron chi connectivity index (χ3n) is 7.55. The van der Waals surface area contributed by atoms with Crippen LogP contribution in [0.25, 0.3) is 15.9 Å². The molecule has 0 spiro atoms. The minimum absolute atomic E-state index is 0.0624. The number of fused-ring (bicyclic) bond motifs is 2. The van der Waals surface area contributed by atoms with E-state index >= 15 is 0 Å². The summed E-state index contributed by atoms with van der Waals surface area (Å²) in [6, 6.07) is 9.64. The molecule has 3 aromatic heterocycles. The van der Waals surface area contributed by atoms with Crippen LogP contribution in [0.3, 0.4) is 0 Å². The summed E-state index contributed by atoms with van der Waals surface area (Å²) in [5.41, 5.74) is 3.15. The van der Waals surface area contributed by atoms with E-state index < -0.39 is 11.8 Å². The lowest BCUT2D eigenvalue weighted by molar-refractivity contribution is -0.146. The Bertz CT molecular complexity index is 1510. The molecule has 1 N–H and O–H groups in total. The van der Waals surface area contributed by atoms with E-state index in [0.717, 1.165) is 40.2 Å². The lowest BCUT2D eigenvalue weighted by atomic mass is 9.86. The molecule has 0 saturated carbocycles. The van der Waals surface area contributed by atoms with E-state index in [1.54, 1.807) is 34.6 Å². The van der Waals surface area contributed by atoms with Gasteiger partial charge in [-0.2, -0.15) is 0 Å². The molecule has 2 aliphatic rings. The number of pyridine rings is 1. The standard InChI is InChI=1S/C28H32N6O3S/c1-18-4-6-22(34(14-18)26(36)25(35)30-20-8-10-33-11-9-29-24(33)13-20)19-5-7-23-21(12-19)31-27(38-23)28(15-32(2)3)16-37-17-28/h5,7-13,18,22H,4,6,14-17H2,1-3H3,(H,30,35)/t18-,22+/m0/s1. The number of hydrogen-bond acceptors (Lipinski definition) is 7. The molecule has 0 aliphatic carbocycles. The number of hydrogen-bond donors (Lipinski definition) is 1. The van der Waals surface area contributed by atoms with E-state index in [1.807, 2.05) is 16.8 Å². The van der Waals surface area contributed by atoms with Gasteiger partial charge >= 0.3 is 11.8 Å². The summed E-state index contributed by atoms with van der Waals surface area (Å²) in [5.74, 6) is -0.823. The summed E-state index contributed by atoms with van der Waals surface area (Å²) in [6.07, 6.45) is 7.13. The second kappa shape index (κ2) is 9.76. The number of imidazole rings is 1. The smallest absolute Gasteiger partial charge is 0.313 e. The molecule has 38 heavy (non-hydrogen) atoms. The van der Waals surface area contributed by atoms with Crippen LogP contribution in [0.15, 0.2) is 48.9 Å². The number of anilines is 1. The van der Waals surface area contributed by atoms with E-state index in [2.05, 4.69) is 54.4 Å². The lowest BCUT2D eigenvalue weighted by Gasteiger charge is -2.41. The summed E-state index contributed by atoms with van der Waals surface area (Å²) in [6.45, 7) is 4.93. The van der Waals surface area contributed by atoms with E-state index in [1.165, 1.54) is 0 Å². The Labute approximate surface area is 225 Å². The number of nitrogens with zero attached hydrogens (tertiary/aromatic N) is 5. The van der Waals surface area contributed by atoms with Crippen molar-refractivity contribution in [3.8, 4) is 0 Å². The van der Waals surface area contributed by atoms with Gasteiger partial charge in [0.15, 0.2) is 0 Å². The summed E-state index contributed by atoms with van der Waals surface area (Å²) >= 11 is 1.72. The van der Waals surface area contributed by atoms with Gasteiger partial charge in [-0.3, -0.25) is 9.59 Å². The first-order valence-corrected chi connectivity index (χ1v) is 13.8. The van der Waals surface area contributed by atoms with Crippen molar-refractivity contribution >= 4 is 44.7 Å². The highest BCUT2D eigenvalue weighted by molar-refractivity contribution is 7.18. The van der Waals surface area contributed by atoms with Gasteiger partial charge in [0.1, 0.15) is 10.7 Å². The van der Waals surface area contributed by atoms with E-state index in [4.69, 9.17) is 9.72 Å². The molecule has 9 nitrogen and oxygen atoms in total. The Morgan fingerprint density at radius 2 is 2.03 bits per heavy atom. The van der Waals surface area contributed by atoms with Crippen molar-refractivity contribution < 1.29 is 14.3 Å². The van der Waals surface area contributed by atoms with Gasteiger partial charge in [-0.1, -0.05) is 13.0 Å². The SMILES string of the molecule is C[C@H]1CC[C@H](c2ccc3sc(C4(CN(C)C)COC4)nc3c2)N(C(=O)C(=O)Nc2ccn3ccnc3c2)C1. The van der Waals surface area contributed by atoms with Crippen LogP contribution in [0.4, 0.5) is 5.69 Å². The Kier molecular flexibility index (Phi) is 6.41. The van der Waals surface area contributed by atoms with Gasteiger partial charge in [0, 0.05) is 43.4 Å². The molecular formula is C28H32N6O3S. The molecule has 1 aromatic carbocycles. The number of benzene rings is 1. The fourth-order valence-corrected chi connectivity index (χ4v) is 6.74. The van der Waals surface area contributed by atoms with Crippen molar-refractivity contribution in [1.82, 2.24) is 24.2 Å². The summed E-state index contributed by atoms with van der Waals surface area (Å²) in [7, 11) is 4.15. The molecule has 198 valence electrons. The molecule has 4 aromatic rings. The predicted molar refractivity (Wildman–Crippen MR) is 147 cm³/mol. The molecule has 2 atom stereocenters.